The molecule has 1 N–H and O–H groups in total. The van der Waals surface area contributed by atoms with Crippen LogP contribution in [0.5, 0.6) is 5.75 Å². The van der Waals surface area contributed by atoms with Crippen molar-refractivity contribution in [2.45, 2.75) is 45.6 Å². The monoisotopic (exact) mass is 287 g/mol. The van der Waals surface area contributed by atoms with Crippen molar-refractivity contribution in [3.63, 3.8) is 0 Å². The van der Waals surface area contributed by atoms with Gasteiger partial charge >= 0.3 is 5.63 Å². The van der Waals surface area contributed by atoms with Crippen molar-refractivity contribution in [3.05, 3.63) is 33.7 Å². The van der Waals surface area contributed by atoms with Gasteiger partial charge in [0.25, 0.3) is 0 Å². The van der Waals surface area contributed by atoms with Crippen molar-refractivity contribution in [1.82, 2.24) is 0 Å². The number of ether oxygens (including phenoxy) is 1. The normalized spacial score (nSPS) is 14.3. The molecular weight excluding hydrogens is 266 g/mol. The highest BCUT2D eigenvalue weighted by Gasteiger charge is 2.19. The van der Waals surface area contributed by atoms with Gasteiger partial charge in [-0.05, 0) is 51.2 Å². The molecule has 0 fully saturated rings. The van der Waals surface area contributed by atoms with Crippen LogP contribution in [0.25, 0.3) is 11.0 Å². The van der Waals surface area contributed by atoms with Gasteiger partial charge in [-0.25, -0.2) is 4.79 Å². The Balaban J connectivity index is 2.25. The molecule has 2 aromatic rings. The van der Waals surface area contributed by atoms with E-state index in [1.807, 2.05) is 33.0 Å². The zero-order valence-electron chi connectivity index (χ0n) is 12.8. The SMILES string of the molecule is CNc1cc2c3c(c(=O)oc2cc1OC(C)C)CCCC3. The largest absolute Gasteiger partial charge is 0.489 e. The fourth-order valence-electron chi connectivity index (χ4n) is 3.02. The lowest BCUT2D eigenvalue weighted by Gasteiger charge is -2.19. The summed E-state index contributed by atoms with van der Waals surface area (Å²) < 4.78 is 11.3. The Bertz CT molecular complexity index is 731. The molecule has 0 unspecified atom stereocenters. The predicted octanol–water partition coefficient (Wildman–Crippen LogP) is 3.50. The molecule has 1 aliphatic rings. The first-order valence-corrected chi connectivity index (χ1v) is 7.57. The number of aryl methyl sites for hydroxylation is 1. The molecule has 21 heavy (non-hydrogen) atoms. The summed E-state index contributed by atoms with van der Waals surface area (Å²) in [7, 11) is 1.87. The molecule has 1 heterocycles. The van der Waals surface area contributed by atoms with E-state index in [2.05, 4.69) is 5.32 Å². The minimum absolute atomic E-state index is 0.0684. The second-order valence-corrected chi connectivity index (χ2v) is 5.81. The van der Waals surface area contributed by atoms with E-state index in [-0.39, 0.29) is 11.7 Å². The van der Waals surface area contributed by atoms with Crippen LogP contribution in [0.3, 0.4) is 0 Å². The van der Waals surface area contributed by atoms with Crippen LogP contribution in [0, 0.1) is 0 Å². The summed E-state index contributed by atoms with van der Waals surface area (Å²) in [5.41, 5.74) is 3.37. The lowest BCUT2D eigenvalue weighted by molar-refractivity contribution is 0.243. The number of anilines is 1. The molecule has 0 saturated heterocycles. The third kappa shape index (κ3) is 2.50. The third-order valence-corrected chi connectivity index (χ3v) is 3.96. The quantitative estimate of drug-likeness (QED) is 0.878. The zero-order chi connectivity index (χ0) is 15.0. The van der Waals surface area contributed by atoms with Crippen molar-refractivity contribution >= 4 is 16.7 Å². The molecule has 0 radical (unpaired) electrons. The van der Waals surface area contributed by atoms with Crippen LogP contribution >= 0.6 is 0 Å². The summed E-state index contributed by atoms with van der Waals surface area (Å²) in [6, 6.07) is 3.87. The average molecular weight is 287 g/mol. The summed E-state index contributed by atoms with van der Waals surface area (Å²) in [4.78, 5) is 12.1. The minimum Gasteiger partial charge on any atom is -0.489 e. The second-order valence-electron chi connectivity index (χ2n) is 5.81. The Morgan fingerprint density at radius 1 is 1.19 bits per heavy atom. The van der Waals surface area contributed by atoms with Gasteiger partial charge in [-0.3, -0.25) is 0 Å². The van der Waals surface area contributed by atoms with Crippen molar-refractivity contribution in [2.75, 3.05) is 12.4 Å². The van der Waals surface area contributed by atoms with Gasteiger partial charge < -0.3 is 14.5 Å². The number of benzene rings is 1. The number of hydrogen-bond acceptors (Lipinski definition) is 4. The maximum atomic E-state index is 12.1. The maximum absolute atomic E-state index is 12.1. The van der Waals surface area contributed by atoms with E-state index in [0.717, 1.165) is 53.6 Å². The molecule has 1 aliphatic carbocycles. The summed E-state index contributed by atoms with van der Waals surface area (Å²) in [5.74, 6) is 0.721. The Morgan fingerprint density at radius 2 is 1.90 bits per heavy atom. The molecular formula is C17H21NO3. The van der Waals surface area contributed by atoms with Gasteiger partial charge in [0.2, 0.25) is 0 Å². The van der Waals surface area contributed by atoms with Crippen LogP contribution in [-0.4, -0.2) is 13.2 Å². The average Bonchev–Trinajstić information content (AvgIpc) is 2.46. The van der Waals surface area contributed by atoms with Gasteiger partial charge in [-0.15, -0.1) is 0 Å². The van der Waals surface area contributed by atoms with E-state index >= 15 is 0 Å². The summed E-state index contributed by atoms with van der Waals surface area (Å²) in [5, 5.41) is 4.20. The van der Waals surface area contributed by atoms with E-state index in [0.29, 0.717) is 5.58 Å². The zero-order valence-corrected chi connectivity index (χ0v) is 12.8. The van der Waals surface area contributed by atoms with Crippen LogP contribution in [0.1, 0.15) is 37.8 Å². The smallest absolute Gasteiger partial charge is 0.339 e. The van der Waals surface area contributed by atoms with Crippen LogP contribution in [0.4, 0.5) is 5.69 Å². The highest BCUT2D eigenvalue weighted by atomic mass is 16.5. The van der Waals surface area contributed by atoms with Crippen LogP contribution in [-0.2, 0) is 12.8 Å². The molecule has 0 amide bonds. The van der Waals surface area contributed by atoms with Crippen molar-refractivity contribution < 1.29 is 9.15 Å². The summed E-state index contributed by atoms with van der Waals surface area (Å²) >= 11 is 0. The van der Waals surface area contributed by atoms with Gasteiger partial charge in [0.15, 0.2) is 0 Å². The fourth-order valence-corrected chi connectivity index (χ4v) is 3.02. The van der Waals surface area contributed by atoms with E-state index in [1.165, 1.54) is 0 Å². The van der Waals surface area contributed by atoms with Crippen LogP contribution in [0.2, 0.25) is 0 Å². The highest BCUT2D eigenvalue weighted by Crippen LogP contribution is 2.34. The Hall–Kier alpha value is -1.97. The highest BCUT2D eigenvalue weighted by molar-refractivity contribution is 5.88. The van der Waals surface area contributed by atoms with Crippen molar-refractivity contribution in [3.8, 4) is 5.75 Å². The first-order valence-electron chi connectivity index (χ1n) is 7.57. The molecule has 1 aromatic carbocycles. The number of rotatable bonds is 3. The van der Waals surface area contributed by atoms with E-state index in [9.17, 15) is 4.79 Å². The van der Waals surface area contributed by atoms with E-state index in [4.69, 9.17) is 9.15 Å². The predicted molar refractivity (Wildman–Crippen MR) is 84.4 cm³/mol. The number of nitrogens with one attached hydrogen (secondary N) is 1. The molecule has 0 atom stereocenters. The molecule has 4 nitrogen and oxygen atoms in total. The lowest BCUT2D eigenvalue weighted by Crippen LogP contribution is -2.16. The molecule has 0 bridgehead atoms. The lowest BCUT2D eigenvalue weighted by atomic mass is 9.90. The fraction of sp³-hybridized carbons (Fsp3) is 0.471. The van der Waals surface area contributed by atoms with E-state index in [1.54, 1.807) is 0 Å². The van der Waals surface area contributed by atoms with Crippen molar-refractivity contribution in [2.24, 2.45) is 0 Å². The molecule has 0 saturated carbocycles. The minimum atomic E-state index is -0.190. The Labute approximate surface area is 124 Å². The summed E-state index contributed by atoms with van der Waals surface area (Å²) in [6.45, 7) is 3.96. The summed E-state index contributed by atoms with van der Waals surface area (Å²) in [6.07, 6.45) is 4.04. The first kappa shape index (κ1) is 14.0. The number of hydrogen-bond donors (Lipinski definition) is 1. The molecule has 1 aromatic heterocycles. The topological polar surface area (TPSA) is 51.5 Å². The van der Waals surface area contributed by atoms with Gasteiger partial charge in [-0.2, -0.15) is 0 Å². The third-order valence-electron chi connectivity index (χ3n) is 3.96. The second kappa shape index (κ2) is 5.43. The molecule has 0 spiro atoms. The Kier molecular flexibility index (Phi) is 3.62. The molecule has 112 valence electrons. The first-order chi connectivity index (χ1) is 10.1. The van der Waals surface area contributed by atoms with Crippen LogP contribution in [0.15, 0.2) is 21.3 Å². The van der Waals surface area contributed by atoms with Crippen molar-refractivity contribution in [1.29, 1.82) is 0 Å². The van der Waals surface area contributed by atoms with Gasteiger partial charge in [0, 0.05) is 24.1 Å². The van der Waals surface area contributed by atoms with Gasteiger partial charge in [-0.1, -0.05) is 0 Å². The molecule has 0 aliphatic heterocycles. The van der Waals surface area contributed by atoms with Gasteiger partial charge in [0.1, 0.15) is 11.3 Å². The van der Waals surface area contributed by atoms with Gasteiger partial charge in [0.05, 0.1) is 11.8 Å². The standard InChI is InChI=1S/C17H21NO3/c1-10(2)20-16-9-15-13(8-14(16)18-3)11-6-4-5-7-12(11)17(19)21-15/h8-10,18H,4-7H2,1-3H3. The Morgan fingerprint density at radius 3 is 2.57 bits per heavy atom. The van der Waals surface area contributed by atoms with Crippen LogP contribution < -0.4 is 15.7 Å². The molecule has 4 heteroatoms. The number of fused-ring (bicyclic) bond motifs is 3. The van der Waals surface area contributed by atoms with E-state index < -0.39 is 0 Å². The maximum Gasteiger partial charge on any atom is 0.339 e. The molecule has 3 rings (SSSR count).